The maximum Gasteiger partial charge on any atom is 0.182 e. The van der Waals surface area contributed by atoms with Crippen LogP contribution in [-0.2, 0) is 9.84 Å². The van der Waals surface area contributed by atoms with Gasteiger partial charge in [0.25, 0.3) is 0 Å². The SMILES string of the molecule is O=S1(=O)C=C=NCC1. The summed E-state index contributed by atoms with van der Waals surface area (Å²) in [4.78, 5) is 3.59. The second-order valence-corrected chi connectivity index (χ2v) is 3.47. The van der Waals surface area contributed by atoms with Crippen molar-refractivity contribution >= 4 is 15.7 Å². The summed E-state index contributed by atoms with van der Waals surface area (Å²) in [5.74, 6) is 2.43. The molecule has 8 heavy (non-hydrogen) atoms. The van der Waals surface area contributed by atoms with E-state index in [0.29, 0.717) is 6.54 Å². The zero-order valence-corrected chi connectivity index (χ0v) is 4.98. The van der Waals surface area contributed by atoms with Gasteiger partial charge in [-0.15, -0.1) is 0 Å². The number of nitrogens with zero attached hydrogens (tertiary/aromatic N) is 1. The molecule has 1 rings (SSSR count). The summed E-state index contributed by atoms with van der Waals surface area (Å²) in [6.07, 6.45) is 0. The lowest BCUT2D eigenvalue weighted by atomic mass is 10.8. The van der Waals surface area contributed by atoms with Gasteiger partial charge >= 0.3 is 0 Å². The van der Waals surface area contributed by atoms with Crippen molar-refractivity contribution in [1.29, 1.82) is 0 Å². The minimum absolute atomic E-state index is 0.139. The first-order valence-corrected chi connectivity index (χ1v) is 3.90. The highest BCUT2D eigenvalue weighted by atomic mass is 32.2. The quantitative estimate of drug-likeness (QED) is 0.449. The van der Waals surface area contributed by atoms with Crippen LogP contribution in [0.3, 0.4) is 0 Å². The Balaban J connectivity index is 3.09. The van der Waals surface area contributed by atoms with Gasteiger partial charge in [-0.05, 0) is 5.87 Å². The van der Waals surface area contributed by atoms with Crippen LogP contribution < -0.4 is 0 Å². The van der Waals surface area contributed by atoms with E-state index in [4.69, 9.17) is 0 Å². The van der Waals surface area contributed by atoms with E-state index in [9.17, 15) is 8.42 Å². The van der Waals surface area contributed by atoms with E-state index in [1.807, 2.05) is 0 Å². The topological polar surface area (TPSA) is 46.5 Å². The lowest BCUT2D eigenvalue weighted by Gasteiger charge is -1.94. The molecule has 44 valence electrons. The van der Waals surface area contributed by atoms with E-state index in [1.165, 1.54) is 0 Å². The number of sulfone groups is 1. The average molecular weight is 131 g/mol. The molecule has 0 aromatic carbocycles. The van der Waals surface area contributed by atoms with Gasteiger partial charge < -0.3 is 0 Å². The van der Waals surface area contributed by atoms with Gasteiger partial charge in [-0.2, -0.15) is 0 Å². The number of rotatable bonds is 0. The van der Waals surface area contributed by atoms with Gasteiger partial charge in [0, 0.05) is 0 Å². The first-order valence-electron chi connectivity index (χ1n) is 2.19. The Morgan fingerprint density at radius 2 is 2.38 bits per heavy atom. The minimum Gasteiger partial charge on any atom is -0.241 e. The molecule has 0 atom stereocenters. The summed E-state index contributed by atoms with van der Waals surface area (Å²) in [5, 5.41) is 1.01. The predicted octanol–water partition coefficient (Wildman–Crippen LogP) is -0.402. The van der Waals surface area contributed by atoms with Crippen molar-refractivity contribution in [2.24, 2.45) is 4.99 Å². The summed E-state index contributed by atoms with van der Waals surface area (Å²) in [6.45, 7) is 0.360. The maximum atomic E-state index is 10.5. The molecule has 0 aromatic rings. The lowest BCUT2D eigenvalue weighted by molar-refractivity contribution is 0.604. The molecule has 0 spiro atoms. The second-order valence-electron chi connectivity index (χ2n) is 1.50. The maximum absolute atomic E-state index is 10.5. The van der Waals surface area contributed by atoms with Crippen LogP contribution in [0, 0.1) is 0 Å². The third kappa shape index (κ3) is 1.18. The molecule has 1 aliphatic rings. The molecule has 0 saturated carbocycles. The number of hydrogen-bond acceptors (Lipinski definition) is 3. The highest BCUT2D eigenvalue weighted by molar-refractivity contribution is 7.94. The molecule has 0 amide bonds. The van der Waals surface area contributed by atoms with E-state index in [2.05, 4.69) is 10.9 Å². The molecule has 0 aromatic heterocycles. The van der Waals surface area contributed by atoms with E-state index in [0.717, 1.165) is 5.41 Å². The lowest BCUT2D eigenvalue weighted by Crippen LogP contribution is -2.08. The summed E-state index contributed by atoms with van der Waals surface area (Å²) in [7, 11) is -2.91. The zero-order chi connectivity index (χ0) is 6.04. The summed E-state index contributed by atoms with van der Waals surface area (Å²) >= 11 is 0. The molecule has 3 nitrogen and oxygen atoms in total. The molecular formula is C4H5NO2S. The fourth-order valence-electron chi connectivity index (χ4n) is 0.414. The van der Waals surface area contributed by atoms with E-state index in [1.54, 1.807) is 0 Å². The molecule has 0 saturated heterocycles. The van der Waals surface area contributed by atoms with Crippen LogP contribution in [-0.4, -0.2) is 26.6 Å². The van der Waals surface area contributed by atoms with Crippen molar-refractivity contribution < 1.29 is 8.42 Å². The normalized spacial score (nSPS) is 23.5. The van der Waals surface area contributed by atoms with Crippen LogP contribution in [0.4, 0.5) is 0 Å². The Labute approximate surface area is 47.7 Å². The third-order valence-electron chi connectivity index (χ3n) is 0.811. The first-order chi connectivity index (χ1) is 3.71. The van der Waals surface area contributed by atoms with Crippen molar-refractivity contribution in [3.63, 3.8) is 0 Å². The van der Waals surface area contributed by atoms with Gasteiger partial charge in [0.1, 0.15) is 0 Å². The second kappa shape index (κ2) is 1.73. The Kier molecular flexibility index (Phi) is 1.19. The van der Waals surface area contributed by atoms with Crippen molar-refractivity contribution in [1.82, 2.24) is 0 Å². The highest BCUT2D eigenvalue weighted by Crippen LogP contribution is 1.92. The average Bonchev–Trinajstić information content (AvgIpc) is 1.65. The van der Waals surface area contributed by atoms with Crippen molar-refractivity contribution in [3.8, 4) is 0 Å². The Morgan fingerprint density at radius 3 is 2.62 bits per heavy atom. The predicted molar refractivity (Wildman–Crippen MR) is 30.7 cm³/mol. The minimum atomic E-state index is -2.91. The van der Waals surface area contributed by atoms with Gasteiger partial charge in [0.15, 0.2) is 9.84 Å². The molecule has 4 heteroatoms. The number of hydrogen-bond donors (Lipinski definition) is 0. The molecule has 0 aliphatic carbocycles. The summed E-state index contributed by atoms with van der Waals surface area (Å²) in [5.41, 5.74) is 0. The van der Waals surface area contributed by atoms with Crippen molar-refractivity contribution in [2.75, 3.05) is 12.3 Å². The third-order valence-corrected chi connectivity index (χ3v) is 2.03. The van der Waals surface area contributed by atoms with E-state index < -0.39 is 9.84 Å². The standard InChI is InChI=1S/C4H5NO2S/c6-8(7)3-1-5-2-4-8/h4H,1,3H2. The van der Waals surface area contributed by atoms with Gasteiger partial charge in [-0.3, -0.25) is 0 Å². The van der Waals surface area contributed by atoms with Crippen LogP contribution in [0.1, 0.15) is 0 Å². The van der Waals surface area contributed by atoms with E-state index in [-0.39, 0.29) is 5.75 Å². The monoisotopic (exact) mass is 131 g/mol. The fraction of sp³-hybridized carbons (Fsp3) is 0.500. The number of aliphatic imine (C=N–C) groups is 1. The van der Waals surface area contributed by atoms with Crippen molar-refractivity contribution in [3.05, 3.63) is 5.41 Å². The van der Waals surface area contributed by atoms with Crippen LogP contribution >= 0.6 is 0 Å². The van der Waals surface area contributed by atoms with Crippen LogP contribution in [0.5, 0.6) is 0 Å². The summed E-state index contributed by atoms with van der Waals surface area (Å²) < 4.78 is 20.9. The molecular weight excluding hydrogens is 126 g/mol. The van der Waals surface area contributed by atoms with Crippen LogP contribution in [0.2, 0.25) is 0 Å². The molecule has 1 heterocycles. The molecule has 0 N–H and O–H groups in total. The van der Waals surface area contributed by atoms with Gasteiger partial charge in [0.05, 0.1) is 17.7 Å². The van der Waals surface area contributed by atoms with Crippen LogP contribution in [0.15, 0.2) is 10.4 Å². The molecule has 0 bridgehead atoms. The zero-order valence-electron chi connectivity index (χ0n) is 4.16. The Morgan fingerprint density at radius 1 is 1.62 bits per heavy atom. The molecule has 0 unspecified atom stereocenters. The fourth-order valence-corrected chi connectivity index (χ4v) is 1.11. The van der Waals surface area contributed by atoms with Crippen LogP contribution in [0.25, 0.3) is 0 Å². The Hall–Kier alpha value is -0.600. The first kappa shape index (κ1) is 5.54. The smallest absolute Gasteiger partial charge is 0.182 e. The molecule has 0 radical (unpaired) electrons. The Bertz CT molecular complexity index is 233. The van der Waals surface area contributed by atoms with Crippen molar-refractivity contribution in [2.45, 2.75) is 0 Å². The van der Waals surface area contributed by atoms with Gasteiger partial charge in [-0.1, -0.05) is 0 Å². The highest BCUT2D eigenvalue weighted by Gasteiger charge is 2.06. The van der Waals surface area contributed by atoms with E-state index >= 15 is 0 Å². The van der Waals surface area contributed by atoms with Gasteiger partial charge in [-0.25, -0.2) is 13.4 Å². The largest absolute Gasteiger partial charge is 0.241 e. The molecule has 0 fully saturated rings. The van der Waals surface area contributed by atoms with Gasteiger partial charge in [0.2, 0.25) is 0 Å². The summed E-state index contributed by atoms with van der Waals surface area (Å²) in [6, 6.07) is 0. The molecule has 1 aliphatic heterocycles.